The van der Waals surface area contributed by atoms with E-state index < -0.39 is 10.0 Å². The summed E-state index contributed by atoms with van der Waals surface area (Å²) >= 11 is 0. The predicted octanol–water partition coefficient (Wildman–Crippen LogP) is 0.0455. The van der Waals surface area contributed by atoms with Gasteiger partial charge in [-0.05, 0) is 18.5 Å². The maximum absolute atomic E-state index is 10.9. The molecule has 0 heterocycles. The molecule has 1 rings (SSSR count). The second-order valence-electron chi connectivity index (χ2n) is 4.71. The summed E-state index contributed by atoms with van der Waals surface area (Å²) in [4.78, 5) is 0. The minimum absolute atomic E-state index is 0.142. The van der Waals surface area contributed by atoms with Crippen molar-refractivity contribution in [3.05, 3.63) is 35.9 Å². The Labute approximate surface area is 125 Å². The van der Waals surface area contributed by atoms with Crippen molar-refractivity contribution in [2.24, 2.45) is 10.9 Å². The Hall–Kier alpha value is -1.64. The van der Waals surface area contributed by atoms with E-state index in [2.05, 4.69) is 15.2 Å². The number of nitrogens with zero attached hydrogens (tertiary/aromatic N) is 1. The summed E-state index contributed by atoms with van der Waals surface area (Å²) in [6, 6.07) is 9.51. The number of benzene rings is 1. The smallest absolute Gasteiger partial charge is 0.208 e. The Morgan fingerprint density at radius 2 is 2.00 bits per heavy atom. The van der Waals surface area contributed by atoms with E-state index in [1.807, 2.05) is 30.3 Å². The Kier molecular flexibility index (Phi) is 7.13. The van der Waals surface area contributed by atoms with Crippen molar-refractivity contribution in [3.8, 4) is 0 Å². The number of hydrogen-bond donors (Lipinski definition) is 4. The molecule has 1 unspecified atom stereocenters. The summed E-state index contributed by atoms with van der Waals surface area (Å²) in [6.07, 6.45) is 1.79. The number of nitrogens with two attached hydrogens (primary N) is 1. The van der Waals surface area contributed by atoms with Gasteiger partial charge < -0.3 is 16.3 Å². The molecule has 8 heteroatoms. The zero-order valence-corrected chi connectivity index (χ0v) is 12.8. The van der Waals surface area contributed by atoms with Gasteiger partial charge in [0.25, 0.3) is 0 Å². The molecule has 1 aromatic rings. The zero-order valence-electron chi connectivity index (χ0n) is 12.0. The van der Waals surface area contributed by atoms with Crippen LogP contribution in [0.15, 0.2) is 35.5 Å². The Bertz CT molecular complexity index is 546. The van der Waals surface area contributed by atoms with Crippen LogP contribution in [0.4, 0.5) is 0 Å². The predicted molar refractivity (Wildman–Crippen MR) is 82.9 cm³/mol. The van der Waals surface area contributed by atoms with Gasteiger partial charge in [-0.1, -0.05) is 35.5 Å². The zero-order chi connectivity index (χ0) is 15.7. The molecule has 21 heavy (non-hydrogen) atoms. The van der Waals surface area contributed by atoms with Crippen LogP contribution in [0.1, 0.15) is 17.9 Å². The minimum Gasteiger partial charge on any atom is -0.409 e. The van der Waals surface area contributed by atoms with Crippen LogP contribution in [0, 0.1) is 0 Å². The molecule has 0 fully saturated rings. The molecule has 0 saturated carbocycles. The topological polar surface area (TPSA) is 117 Å². The van der Waals surface area contributed by atoms with Gasteiger partial charge in [0.05, 0.1) is 12.2 Å². The molecule has 0 spiro atoms. The Morgan fingerprint density at radius 3 is 2.57 bits per heavy atom. The largest absolute Gasteiger partial charge is 0.409 e. The summed E-state index contributed by atoms with van der Waals surface area (Å²) in [5.74, 6) is -0.0815. The summed E-state index contributed by atoms with van der Waals surface area (Å²) in [7, 11) is -3.14. The lowest BCUT2D eigenvalue weighted by molar-refractivity contribution is 0.315. The van der Waals surface area contributed by atoms with Gasteiger partial charge in [-0.15, -0.1) is 0 Å². The first-order chi connectivity index (χ1) is 9.94. The average molecular weight is 314 g/mol. The fourth-order valence-electron chi connectivity index (χ4n) is 1.87. The molecular weight excluding hydrogens is 292 g/mol. The molecule has 0 aromatic heterocycles. The van der Waals surface area contributed by atoms with Crippen LogP contribution in [0.3, 0.4) is 0 Å². The number of amidine groups is 1. The molecule has 0 aliphatic carbocycles. The van der Waals surface area contributed by atoms with Gasteiger partial charge in [0, 0.05) is 13.1 Å². The van der Waals surface area contributed by atoms with E-state index in [4.69, 9.17) is 10.9 Å². The average Bonchev–Trinajstić information content (AvgIpc) is 2.45. The highest BCUT2D eigenvalue weighted by Crippen LogP contribution is 2.14. The lowest BCUT2D eigenvalue weighted by Gasteiger charge is -2.16. The SMILES string of the molecule is CS(=O)(=O)NCCCNCC(/C(N)=N/O)c1ccccc1. The highest BCUT2D eigenvalue weighted by Gasteiger charge is 2.15. The first kappa shape index (κ1) is 17.4. The van der Waals surface area contributed by atoms with Crippen LogP contribution in [0.25, 0.3) is 0 Å². The van der Waals surface area contributed by atoms with Crippen molar-refractivity contribution in [3.63, 3.8) is 0 Å². The van der Waals surface area contributed by atoms with E-state index in [9.17, 15) is 8.42 Å². The lowest BCUT2D eigenvalue weighted by Crippen LogP contribution is -2.33. The molecule has 118 valence electrons. The van der Waals surface area contributed by atoms with Crippen molar-refractivity contribution >= 4 is 15.9 Å². The van der Waals surface area contributed by atoms with Crippen LogP contribution < -0.4 is 15.8 Å². The van der Waals surface area contributed by atoms with Crippen molar-refractivity contribution in [2.45, 2.75) is 12.3 Å². The van der Waals surface area contributed by atoms with E-state index >= 15 is 0 Å². The van der Waals surface area contributed by atoms with E-state index in [1.165, 1.54) is 0 Å². The number of rotatable bonds is 9. The minimum atomic E-state index is -3.14. The van der Waals surface area contributed by atoms with Gasteiger partial charge >= 0.3 is 0 Å². The molecule has 0 aliphatic rings. The normalized spacial score (nSPS) is 14.0. The molecule has 1 atom stereocenters. The van der Waals surface area contributed by atoms with E-state index in [-0.39, 0.29) is 11.8 Å². The molecule has 1 aromatic carbocycles. The molecule has 0 saturated heterocycles. The summed E-state index contributed by atoms with van der Waals surface area (Å²) in [5.41, 5.74) is 6.67. The highest BCUT2D eigenvalue weighted by atomic mass is 32.2. The number of nitrogens with one attached hydrogen (secondary N) is 2. The first-order valence-electron chi connectivity index (χ1n) is 6.61. The molecule has 0 bridgehead atoms. The van der Waals surface area contributed by atoms with Gasteiger partial charge in [-0.25, -0.2) is 13.1 Å². The molecule has 0 radical (unpaired) electrons. The van der Waals surface area contributed by atoms with Gasteiger partial charge in [-0.2, -0.15) is 0 Å². The summed E-state index contributed by atoms with van der Waals surface area (Å²) < 4.78 is 24.2. The number of hydrogen-bond acceptors (Lipinski definition) is 5. The van der Waals surface area contributed by atoms with Crippen LogP contribution >= 0.6 is 0 Å². The Balaban J connectivity index is 2.42. The van der Waals surface area contributed by atoms with Gasteiger partial charge in [0.15, 0.2) is 0 Å². The highest BCUT2D eigenvalue weighted by molar-refractivity contribution is 7.88. The molecule has 0 aliphatic heterocycles. The third-order valence-electron chi connectivity index (χ3n) is 2.92. The van der Waals surface area contributed by atoms with Crippen molar-refractivity contribution in [1.29, 1.82) is 0 Å². The molecule has 5 N–H and O–H groups in total. The maximum atomic E-state index is 10.9. The maximum Gasteiger partial charge on any atom is 0.208 e. The fraction of sp³-hybridized carbons (Fsp3) is 0.462. The lowest BCUT2D eigenvalue weighted by atomic mass is 9.98. The van der Waals surface area contributed by atoms with E-state index in [1.54, 1.807) is 0 Å². The Morgan fingerprint density at radius 1 is 1.33 bits per heavy atom. The van der Waals surface area contributed by atoms with Crippen LogP contribution in [0.2, 0.25) is 0 Å². The van der Waals surface area contributed by atoms with Crippen molar-refractivity contribution < 1.29 is 13.6 Å². The molecule has 0 amide bonds. The van der Waals surface area contributed by atoms with Gasteiger partial charge in [0.2, 0.25) is 10.0 Å². The van der Waals surface area contributed by atoms with Crippen molar-refractivity contribution in [1.82, 2.24) is 10.0 Å². The second kappa shape index (κ2) is 8.60. The first-order valence-corrected chi connectivity index (χ1v) is 8.51. The standard InChI is InChI=1S/C13H22N4O3S/c1-21(19,20)16-9-5-8-15-10-12(13(14)17-18)11-6-3-2-4-7-11/h2-4,6-7,12,15-16,18H,5,8-10H2,1H3,(H2,14,17). The third-order valence-corrected chi connectivity index (χ3v) is 3.65. The van der Waals surface area contributed by atoms with E-state index in [0.717, 1.165) is 11.8 Å². The van der Waals surface area contributed by atoms with Crippen LogP contribution in [0.5, 0.6) is 0 Å². The third kappa shape index (κ3) is 7.07. The van der Waals surface area contributed by atoms with Gasteiger partial charge in [-0.3, -0.25) is 0 Å². The summed E-state index contributed by atoms with van der Waals surface area (Å²) in [5, 5.41) is 15.1. The number of oxime groups is 1. The van der Waals surface area contributed by atoms with Crippen molar-refractivity contribution in [2.75, 3.05) is 25.9 Å². The molecule has 7 nitrogen and oxygen atoms in total. The second-order valence-corrected chi connectivity index (χ2v) is 6.55. The van der Waals surface area contributed by atoms with Gasteiger partial charge in [0.1, 0.15) is 5.84 Å². The number of sulfonamides is 1. The van der Waals surface area contributed by atoms with Crippen LogP contribution in [-0.2, 0) is 10.0 Å². The monoisotopic (exact) mass is 314 g/mol. The van der Waals surface area contributed by atoms with E-state index in [0.29, 0.717) is 26.1 Å². The van der Waals surface area contributed by atoms with Crippen LogP contribution in [-0.4, -0.2) is 45.4 Å². The summed E-state index contributed by atoms with van der Waals surface area (Å²) in [6.45, 7) is 1.52. The molecular formula is C13H22N4O3S. The fourth-order valence-corrected chi connectivity index (χ4v) is 2.38. The quantitative estimate of drug-likeness (QED) is 0.169.